The lowest BCUT2D eigenvalue weighted by Gasteiger charge is -2.24. The zero-order valence-electron chi connectivity index (χ0n) is 11.1. The Labute approximate surface area is 108 Å². The molecule has 2 rings (SSSR count). The van der Waals surface area contributed by atoms with Gasteiger partial charge in [0.25, 0.3) is 0 Å². The Morgan fingerprint density at radius 3 is 2.72 bits per heavy atom. The molecule has 5 heteroatoms. The lowest BCUT2D eigenvalue weighted by Crippen LogP contribution is -2.35. The van der Waals surface area contributed by atoms with Crippen molar-refractivity contribution in [2.24, 2.45) is 0 Å². The second-order valence-corrected chi connectivity index (χ2v) is 5.12. The van der Waals surface area contributed by atoms with Crippen LogP contribution in [-0.4, -0.2) is 44.2 Å². The first-order valence-electron chi connectivity index (χ1n) is 6.84. The minimum absolute atomic E-state index is 0.0588. The van der Waals surface area contributed by atoms with E-state index in [9.17, 15) is 4.79 Å². The van der Waals surface area contributed by atoms with Gasteiger partial charge in [0.2, 0.25) is 5.91 Å². The fourth-order valence-corrected chi connectivity index (χ4v) is 2.38. The van der Waals surface area contributed by atoms with Crippen LogP contribution in [0.5, 0.6) is 0 Å². The van der Waals surface area contributed by atoms with E-state index in [1.807, 2.05) is 6.92 Å². The minimum Gasteiger partial charge on any atom is -0.378 e. The van der Waals surface area contributed by atoms with Gasteiger partial charge in [-0.2, -0.15) is 0 Å². The van der Waals surface area contributed by atoms with Crippen LogP contribution >= 0.6 is 0 Å². The Morgan fingerprint density at radius 2 is 2.06 bits per heavy atom. The van der Waals surface area contributed by atoms with E-state index in [4.69, 9.17) is 14.2 Å². The molecule has 0 bridgehead atoms. The van der Waals surface area contributed by atoms with Gasteiger partial charge in [0.15, 0.2) is 5.79 Å². The van der Waals surface area contributed by atoms with Gasteiger partial charge in [0, 0.05) is 19.6 Å². The molecule has 2 fully saturated rings. The maximum atomic E-state index is 11.7. The first-order chi connectivity index (χ1) is 8.68. The smallest absolute Gasteiger partial charge is 0.222 e. The molecule has 0 saturated carbocycles. The van der Waals surface area contributed by atoms with Crippen LogP contribution in [0.4, 0.5) is 0 Å². The van der Waals surface area contributed by atoms with Crippen molar-refractivity contribution in [2.45, 2.75) is 50.9 Å². The summed E-state index contributed by atoms with van der Waals surface area (Å²) in [6.07, 6.45) is 4.54. The molecule has 2 heterocycles. The zero-order valence-corrected chi connectivity index (χ0v) is 11.1. The highest BCUT2D eigenvalue weighted by atomic mass is 16.7. The molecule has 0 radical (unpaired) electrons. The highest BCUT2D eigenvalue weighted by Crippen LogP contribution is 2.21. The van der Waals surface area contributed by atoms with E-state index in [1.54, 1.807) is 0 Å². The van der Waals surface area contributed by atoms with Crippen molar-refractivity contribution >= 4 is 5.91 Å². The Hall–Kier alpha value is -0.650. The third kappa shape index (κ3) is 4.23. The summed E-state index contributed by atoms with van der Waals surface area (Å²) in [4.78, 5) is 11.7. The average Bonchev–Trinajstić information content (AvgIpc) is 2.77. The lowest BCUT2D eigenvalue weighted by atomic mass is 10.1. The number of hydrogen-bond donors (Lipinski definition) is 1. The van der Waals surface area contributed by atoms with Crippen LogP contribution in [0.2, 0.25) is 0 Å². The van der Waals surface area contributed by atoms with Crippen LogP contribution in [0, 0.1) is 0 Å². The van der Waals surface area contributed by atoms with Crippen LogP contribution in [0.15, 0.2) is 0 Å². The van der Waals surface area contributed by atoms with Gasteiger partial charge in [-0.3, -0.25) is 4.79 Å². The minimum atomic E-state index is -0.519. The molecular weight excluding hydrogens is 234 g/mol. The highest BCUT2D eigenvalue weighted by Gasteiger charge is 2.30. The van der Waals surface area contributed by atoms with E-state index in [0.717, 1.165) is 25.9 Å². The van der Waals surface area contributed by atoms with Crippen LogP contribution in [-0.2, 0) is 19.0 Å². The van der Waals surface area contributed by atoms with Gasteiger partial charge in [-0.15, -0.1) is 0 Å². The molecule has 0 aliphatic carbocycles. The standard InChI is InChI=1S/C13H23NO4/c1-13(17-8-9-18-13)5-6-14-12(15)10-11-4-2-3-7-16-11/h11H,2-10H2,1H3,(H,14,15). The summed E-state index contributed by atoms with van der Waals surface area (Å²) < 4.78 is 16.5. The Balaban J connectivity index is 1.59. The third-order valence-electron chi connectivity index (χ3n) is 3.49. The van der Waals surface area contributed by atoms with E-state index in [1.165, 1.54) is 0 Å². The van der Waals surface area contributed by atoms with Crippen molar-refractivity contribution in [1.82, 2.24) is 5.32 Å². The largest absolute Gasteiger partial charge is 0.378 e. The number of amides is 1. The molecule has 2 saturated heterocycles. The van der Waals surface area contributed by atoms with E-state index < -0.39 is 5.79 Å². The number of carbonyl (C=O) groups excluding carboxylic acids is 1. The van der Waals surface area contributed by atoms with E-state index in [-0.39, 0.29) is 12.0 Å². The summed E-state index contributed by atoms with van der Waals surface area (Å²) in [5, 5.41) is 2.90. The van der Waals surface area contributed by atoms with E-state index in [0.29, 0.717) is 32.6 Å². The van der Waals surface area contributed by atoms with Gasteiger partial charge in [-0.05, 0) is 26.2 Å². The number of rotatable bonds is 5. The molecule has 1 N–H and O–H groups in total. The number of ether oxygens (including phenoxy) is 3. The maximum Gasteiger partial charge on any atom is 0.222 e. The fraction of sp³-hybridized carbons (Fsp3) is 0.923. The van der Waals surface area contributed by atoms with Crippen molar-refractivity contribution in [3.63, 3.8) is 0 Å². The topological polar surface area (TPSA) is 56.8 Å². The summed E-state index contributed by atoms with van der Waals surface area (Å²) >= 11 is 0. The van der Waals surface area contributed by atoms with E-state index >= 15 is 0 Å². The molecule has 0 spiro atoms. The molecule has 5 nitrogen and oxygen atoms in total. The number of carbonyl (C=O) groups is 1. The predicted octanol–water partition coefficient (Wildman–Crippen LogP) is 1.21. The molecule has 1 amide bonds. The molecule has 104 valence electrons. The lowest BCUT2D eigenvalue weighted by molar-refractivity contribution is -0.146. The van der Waals surface area contributed by atoms with Crippen LogP contribution in [0.1, 0.15) is 39.0 Å². The Kier molecular flexibility index (Phi) is 4.97. The van der Waals surface area contributed by atoms with Crippen LogP contribution in [0.25, 0.3) is 0 Å². The first-order valence-corrected chi connectivity index (χ1v) is 6.84. The molecule has 1 unspecified atom stereocenters. The van der Waals surface area contributed by atoms with Crippen molar-refractivity contribution < 1.29 is 19.0 Å². The van der Waals surface area contributed by atoms with Gasteiger partial charge < -0.3 is 19.5 Å². The quantitative estimate of drug-likeness (QED) is 0.804. The first kappa shape index (κ1) is 13.8. The number of nitrogens with one attached hydrogen (secondary N) is 1. The summed E-state index contributed by atoms with van der Waals surface area (Å²) in [7, 11) is 0. The van der Waals surface area contributed by atoms with Gasteiger partial charge in [-0.25, -0.2) is 0 Å². The molecule has 2 aliphatic heterocycles. The van der Waals surface area contributed by atoms with Gasteiger partial charge in [0.1, 0.15) is 0 Å². The molecule has 0 aromatic heterocycles. The maximum absolute atomic E-state index is 11.7. The van der Waals surface area contributed by atoms with Crippen molar-refractivity contribution in [1.29, 1.82) is 0 Å². The van der Waals surface area contributed by atoms with Crippen molar-refractivity contribution in [3.05, 3.63) is 0 Å². The molecule has 2 aliphatic rings. The van der Waals surface area contributed by atoms with E-state index in [2.05, 4.69) is 5.32 Å². The molecule has 0 aromatic rings. The normalized spacial score (nSPS) is 27.1. The highest BCUT2D eigenvalue weighted by molar-refractivity contribution is 5.76. The predicted molar refractivity (Wildman–Crippen MR) is 66.1 cm³/mol. The monoisotopic (exact) mass is 257 g/mol. The average molecular weight is 257 g/mol. The van der Waals surface area contributed by atoms with Crippen molar-refractivity contribution in [2.75, 3.05) is 26.4 Å². The zero-order chi connectivity index (χ0) is 12.8. The molecular formula is C13H23NO4. The fourth-order valence-electron chi connectivity index (χ4n) is 2.38. The van der Waals surface area contributed by atoms with Crippen molar-refractivity contribution in [3.8, 4) is 0 Å². The second-order valence-electron chi connectivity index (χ2n) is 5.12. The second kappa shape index (κ2) is 6.50. The molecule has 1 atom stereocenters. The van der Waals surface area contributed by atoms with Gasteiger partial charge >= 0.3 is 0 Å². The Morgan fingerprint density at radius 1 is 1.28 bits per heavy atom. The number of hydrogen-bond acceptors (Lipinski definition) is 4. The summed E-state index contributed by atoms with van der Waals surface area (Å²) in [5.41, 5.74) is 0. The SMILES string of the molecule is CC1(CCNC(=O)CC2CCCCO2)OCCO1. The molecule has 0 aromatic carbocycles. The summed E-state index contributed by atoms with van der Waals surface area (Å²) in [5.74, 6) is -0.460. The van der Waals surface area contributed by atoms with Crippen LogP contribution in [0.3, 0.4) is 0 Å². The summed E-state index contributed by atoms with van der Waals surface area (Å²) in [6.45, 7) is 4.57. The van der Waals surface area contributed by atoms with Crippen LogP contribution < -0.4 is 5.32 Å². The summed E-state index contributed by atoms with van der Waals surface area (Å²) in [6, 6.07) is 0. The Bertz CT molecular complexity index is 270. The third-order valence-corrected chi connectivity index (χ3v) is 3.49. The van der Waals surface area contributed by atoms with Gasteiger partial charge in [-0.1, -0.05) is 0 Å². The molecule has 18 heavy (non-hydrogen) atoms. The van der Waals surface area contributed by atoms with Gasteiger partial charge in [0.05, 0.1) is 25.7 Å².